The van der Waals surface area contributed by atoms with Gasteiger partial charge < -0.3 is 24.8 Å². The number of carbonyl (C=O) groups excluding carboxylic acids is 2. The molecule has 1 aliphatic heterocycles. The van der Waals surface area contributed by atoms with Gasteiger partial charge >= 0.3 is 6.18 Å². The Kier molecular flexibility index (Phi) is 7.38. The van der Waals surface area contributed by atoms with Crippen LogP contribution in [-0.4, -0.2) is 75.6 Å². The van der Waals surface area contributed by atoms with Gasteiger partial charge in [-0.2, -0.15) is 13.2 Å². The third-order valence-electron chi connectivity index (χ3n) is 6.22. The molecule has 0 saturated carbocycles. The summed E-state index contributed by atoms with van der Waals surface area (Å²) in [5, 5.41) is 0.865. The number of piperidine rings is 1. The Balaban J connectivity index is 1.22. The van der Waals surface area contributed by atoms with Crippen molar-refractivity contribution in [3.05, 3.63) is 48.0 Å². The number of likely N-dealkylation sites (N-methyl/N-ethyl adjacent to an activating group) is 1. The van der Waals surface area contributed by atoms with Crippen molar-refractivity contribution in [3.63, 3.8) is 0 Å². The second kappa shape index (κ2) is 10.5. The summed E-state index contributed by atoms with van der Waals surface area (Å²) < 4.78 is 45.5. The van der Waals surface area contributed by atoms with Gasteiger partial charge in [0.25, 0.3) is 5.91 Å². The molecular formula is C23H26F3N7O3. The molecule has 0 aliphatic carbocycles. The number of hydrogen-bond donors (Lipinski definition) is 1. The lowest BCUT2D eigenvalue weighted by molar-refractivity contribution is -0.138. The highest BCUT2D eigenvalue weighted by Gasteiger charge is 2.32. The highest BCUT2D eigenvalue weighted by atomic mass is 19.4. The van der Waals surface area contributed by atoms with Crippen LogP contribution in [0.25, 0.3) is 11.0 Å². The first-order valence-corrected chi connectivity index (χ1v) is 11.4. The van der Waals surface area contributed by atoms with E-state index in [1.165, 1.54) is 0 Å². The number of hydrogen-bond acceptors (Lipinski definition) is 7. The van der Waals surface area contributed by atoms with E-state index < -0.39 is 17.6 Å². The zero-order valence-corrected chi connectivity index (χ0v) is 19.6. The Morgan fingerprint density at radius 1 is 1.17 bits per heavy atom. The summed E-state index contributed by atoms with van der Waals surface area (Å²) in [5.41, 5.74) is 5.21. The fourth-order valence-electron chi connectivity index (χ4n) is 4.09. The zero-order chi connectivity index (χ0) is 25.9. The Hall–Kier alpha value is -3.74. The van der Waals surface area contributed by atoms with Gasteiger partial charge in [0.1, 0.15) is 17.9 Å². The first-order valence-electron chi connectivity index (χ1n) is 11.4. The monoisotopic (exact) mass is 505 g/mol. The Bertz CT molecular complexity index is 1220. The number of aromatic nitrogens is 4. The van der Waals surface area contributed by atoms with Crippen LogP contribution in [0.4, 0.5) is 19.1 Å². The van der Waals surface area contributed by atoms with Crippen LogP contribution in [0, 0.1) is 0 Å². The number of fused-ring (bicyclic) bond motifs is 1. The average Bonchev–Trinajstić information content (AvgIpc) is 3.28. The molecule has 0 unspecified atom stereocenters. The lowest BCUT2D eigenvalue weighted by Crippen LogP contribution is -2.47. The van der Waals surface area contributed by atoms with E-state index in [4.69, 9.17) is 10.5 Å². The summed E-state index contributed by atoms with van der Waals surface area (Å²) in [6.45, 7) is 1.68. The molecule has 13 heteroatoms. The number of nitrogens with zero attached hydrogens (tertiary/aromatic N) is 6. The van der Waals surface area contributed by atoms with Crippen molar-refractivity contribution in [1.29, 1.82) is 0 Å². The first kappa shape index (κ1) is 25.4. The number of ether oxygens (including phenoxy) is 1. The summed E-state index contributed by atoms with van der Waals surface area (Å²) in [6, 6.07) is 5.19. The maximum atomic E-state index is 12.7. The summed E-state index contributed by atoms with van der Waals surface area (Å²) in [6.07, 6.45) is 0.187. The lowest BCUT2D eigenvalue weighted by Gasteiger charge is -2.36. The minimum absolute atomic E-state index is 0.0170. The van der Waals surface area contributed by atoms with Crippen LogP contribution in [0.1, 0.15) is 28.9 Å². The van der Waals surface area contributed by atoms with Crippen LogP contribution in [0.3, 0.4) is 0 Å². The summed E-state index contributed by atoms with van der Waals surface area (Å²) in [7, 11) is 1.72. The molecule has 3 aromatic heterocycles. The molecule has 3 aromatic rings. The third-order valence-corrected chi connectivity index (χ3v) is 6.22. The van der Waals surface area contributed by atoms with Gasteiger partial charge in [0.2, 0.25) is 11.9 Å². The first-order chi connectivity index (χ1) is 17.1. The van der Waals surface area contributed by atoms with E-state index in [0.29, 0.717) is 38.1 Å². The van der Waals surface area contributed by atoms with Gasteiger partial charge in [-0.15, -0.1) is 0 Å². The van der Waals surface area contributed by atoms with Crippen molar-refractivity contribution in [2.24, 2.45) is 5.73 Å². The van der Waals surface area contributed by atoms with E-state index in [1.807, 2.05) is 21.7 Å². The van der Waals surface area contributed by atoms with E-state index in [0.717, 1.165) is 17.8 Å². The van der Waals surface area contributed by atoms with Crippen molar-refractivity contribution in [3.8, 4) is 0 Å². The number of anilines is 1. The van der Waals surface area contributed by atoms with Crippen molar-refractivity contribution in [2.75, 3.05) is 38.3 Å². The molecule has 2 N–H and O–H groups in total. The molecule has 4 heterocycles. The van der Waals surface area contributed by atoms with Crippen molar-refractivity contribution in [2.45, 2.75) is 31.6 Å². The second-order valence-electron chi connectivity index (χ2n) is 8.53. The smallest absolute Gasteiger partial charge is 0.370 e. The number of primary amides is 1. The minimum Gasteiger partial charge on any atom is -0.370 e. The maximum absolute atomic E-state index is 12.7. The zero-order valence-electron chi connectivity index (χ0n) is 19.6. The molecule has 1 aliphatic rings. The number of alkyl halides is 3. The Morgan fingerprint density at radius 3 is 2.50 bits per heavy atom. The summed E-state index contributed by atoms with van der Waals surface area (Å²) in [5.74, 6) is -0.522. The quantitative estimate of drug-likeness (QED) is 0.466. The Morgan fingerprint density at radius 2 is 1.86 bits per heavy atom. The lowest BCUT2D eigenvalue weighted by atomic mass is 10.0. The minimum atomic E-state index is -4.47. The van der Waals surface area contributed by atoms with Gasteiger partial charge in [-0.3, -0.25) is 9.59 Å². The average molecular weight is 506 g/mol. The molecular weight excluding hydrogens is 479 g/mol. The van der Waals surface area contributed by atoms with Gasteiger partial charge in [-0.1, -0.05) is 0 Å². The molecule has 2 amide bonds. The topological polar surface area (TPSA) is 119 Å². The summed E-state index contributed by atoms with van der Waals surface area (Å²) >= 11 is 0. The third kappa shape index (κ3) is 5.73. The highest BCUT2D eigenvalue weighted by Crippen LogP contribution is 2.29. The van der Waals surface area contributed by atoms with Gasteiger partial charge in [-0.25, -0.2) is 15.0 Å². The van der Waals surface area contributed by atoms with Gasteiger partial charge in [0.05, 0.1) is 12.2 Å². The molecule has 0 atom stereocenters. The van der Waals surface area contributed by atoms with Crippen LogP contribution in [0.2, 0.25) is 0 Å². The largest absolute Gasteiger partial charge is 0.419 e. The molecule has 0 aromatic carbocycles. The summed E-state index contributed by atoms with van der Waals surface area (Å²) in [4.78, 5) is 39.4. The normalized spacial score (nSPS) is 14.8. The van der Waals surface area contributed by atoms with Crippen LogP contribution >= 0.6 is 0 Å². The number of nitrogens with two attached hydrogens (primary N) is 1. The standard InChI is InChI=1S/C23H26F3N7O3/c1-31(17-5-8-33(9-6-17)22-28-12-16(13-29-22)23(24,25)26)19(34)14-36-11-10-32-7-4-15-2-3-18(20(27)35)30-21(15)32/h2-4,7,12-13,17H,5-6,8-11,14H2,1H3,(H2,27,35). The molecule has 1 fully saturated rings. The maximum Gasteiger partial charge on any atom is 0.419 e. The van der Waals surface area contributed by atoms with Crippen molar-refractivity contribution in [1.82, 2.24) is 24.4 Å². The van der Waals surface area contributed by atoms with Crippen LogP contribution in [0.5, 0.6) is 0 Å². The van der Waals surface area contributed by atoms with Crippen LogP contribution < -0.4 is 10.6 Å². The molecule has 1 saturated heterocycles. The van der Waals surface area contributed by atoms with E-state index >= 15 is 0 Å². The second-order valence-corrected chi connectivity index (χ2v) is 8.53. The van der Waals surface area contributed by atoms with E-state index in [2.05, 4.69) is 15.0 Å². The van der Waals surface area contributed by atoms with Crippen LogP contribution in [-0.2, 0) is 22.3 Å². The molecule has 36 heavy (non-hydrogen) atoms. The SMILES string of the molecule is CN(C(=O)COCCn1ccc2ccc(C(N)=O)nc21)C1CCN(c2ncc(C(F)(F)F)cn2)CC1. The predicted molar refractivity (Wildman–Crippen MR) is 124 cm³/mol. The molecule has 10 nitrogen and oxygen atoms in total. The number of halogens is 3. The highest BCUT2D eigenvalue weighted by molar-refractivity contribution is 5.93. The fourth-order valence-corrected chi connectivity index (χ4v) is 4.09. The predicted octanol–water partition coefficient (Wildman–Crippen LogP) is 2.09. The molecule has 4 rings (SSSR count). The molecule has 0 spiro atoms. The molecule has 0 bridgehead atoms. The number of pyridine rings is 1. The number of rotatable bonds is 8. The molecule has 0 radical (unpaired) electrons. The van der Waals surface area contributed by atoms with Gasteiger partial charge in [0, 0.05) is 56.7 Å². The fraction of sp³-hybridized carbons (Fsp3) is 0.435. The van der Waals surface area contributed by atoms with Crippen LogP contribution in [0.15, 0.2) is 36.8 Å². The van der Waals surface area contributed by atoms with Gasteiger partial charge in [-0.05, 0) is 31.0 Å². The van der Waals surface area contributed by atoms with E-state index in [-0.39, 0.29) is 36.8 Å². The Labute approximate surface area is 204 Å². The van der Waals surface area contributed by atoms with E-state index in [9.17, 15) is 22.8 Å². The van der Waals surface area contributed by atoms with Crippen molar-refractivity contribution < 1.29 is 27.5 Å². The van der Waals surface area contributed by atoms with Gasteiger partial charge in [0.15, 0.2) is 0 Å². The number of carbonyl (C=O) groups is 2. The molecule has 192 valence electrons. The van der Waals surface area contributed by atoms with Crippen molar-refractivity contribution >= 4 is 28.8 Å². The van der Waals surface area contributed by atoms with E-state index in [1.54, 1.807) is 24.1 Å². The number of amides is 2.